The molecule has 0 atom stereocenters. The number of carboxylic acids is 1. The van der Waals surface area contributed by atoms with Gasteiger partial charge in [0.15, 0.2) is 5.82 Å². The number of rotatable bonds is 4. The van der Waals surface area contributed by atoms with Crippen LogP contribution in [-0.4, -0.2) is 20.6 Å². The maximum atomic E-state index is 10.9. The predicted octanol–water partition coefficient (Wildman–Crippen LogP) is 4.76. The topological polar surface area (TPSA) is 55.1 Å². The number of benzene rings is 1. The lowest BCUT2D eigenvalue weighted by Gasteiger charge is -2.06. The van der Waals surface area contributed by atoms with Gasteiger partial charge in [-0.2, -0.15) is 0 Å². The third kappa shape index (κ3) is 2.90. The Morgan fingerprint density at radius 3 is 2.76 bits per heavy atom. The fraction of sp³-hybridized carbons (Fsp3) is 0.143. The molecule has 7 heteroatoms. The zero-order chi connectivity index (χ0) is 15.0. The molecule has 3 aromatic rings. The molecule has 0 radical (unpaired) electrons. The molecule has 0 saturated heterocycles. The van der Waals surface area contributed by atoms with Gasteiger partial charge in [-0.05, 0) is 50.1 Å². The van der Waals surface area contributed by atoms with Crippen LogP contribution in [0.15, 0.2) is 38.6 Å². The summed E-state index contributed by atoms with van der Waals surface area (Å²) in [5, 5.41) is 8.95. The first-order valence-electron chi connectivity index (χ1n) is 6.18. The zero-order valence-electron chi connectivity index (χ0n) is 10.7. The molecular formula is C14H10Br2N2O2S. The second kappa shape index (κ2) is 5.90. The summed E-state index contributed by atoms with van der Waals surface area (Å²) in [5.74, 6) is -0.0129. The van der Waals surface area contributed by atoms with Gasteiger partial charge < -0.3 is 9.67 Å². The SMILES string of the molecule is O=C(O)CCn1c(-c2cc(Br)c(Br)s2)nc2ccccc21. The largest absolute Gasteiger partial charge is 0.481 e. The van der Waals surface area contributed by atoms with Crippen molar-refractivity contribution < 1.29 is 9.90 Å². The molecule has 2 aromatic heterocycles. The van der Waals surface area contributed by atoms with Gasteiger partial charge in [0, 0.05) is 11.0 Å². The first-order chi connectivity index (χ1) is 10.1. The molecule has 108 valence electrons. The Hall–Kier alpha value is -1.18. The number of carboxylic acid groups (broad SMARTS) is 1. The molecule has 21 heavy (non-hydrogen) atoms. The summed E-state index contributed by atoms with van der Waals surface area (Å²) in [7, 11) is 0. The van der Waals surface area contributed by atoms with E-state index in [2.05, 4.69) is 36.8 Å². The van der Waals surface area contributed by atoms with Crippen LogP contribution in [0.5, 0.6) is 0 Å². The van der Waals surface area contributed by atoms with E-state index in [0.717, 1.165) is 30.0 Å². The normalized spacial score (nSPS) is 11.1. The molecule has 2 heterocycles. The van der Waals surface area contributed by atoms with E-state index in [9.17, 15) is 4.79 Å². The number of fused-ring (bicyclic) bond motifs is 1. The lowest BCUT2D eigenvalue weighted by atomic mass is 10.3. The van der Waals surface area contributed by atoms with Gasteiger partial charge in [-0.1, -0.05) is 12.1 Å². The van der Waals surface area contributed by atoms with Crippen molar-refractivity contribution in [2.45, 2.75) is 13.0 Å². The highest BCUT2D eigenvalue weighted by Gasteiger charge is 2.16. The number of aromatic nitrogens is 2. The van der Waals surface area contributed by atoms with Crippen LogP contribution < -0.4 is 0 Å². The number of imidazole rings is 1. The molecule has 0 aliphatic carbocycles. The average molecular weight is 430 g/mol. The van der Waals surface area contributed by atoms with Crippen molar-refractivity contribution >= 4 is 60.2 Å². The monoisotopic (exact) mass is 428 g/mol. The third-order valence-electron chi connectivity index (χ3n) is 3.07. The van der Waals surface area contributed by atoms with Crippen LogP contribution in [0.4, 0.5) is 0 Å². The van der Waals surface area contributed by atoms with E-state index in [4.69, 9.17) is 5.11 Å². The number of halogens is 2. The molecule has 0 unspecified atom stereocenters. The van der Waals surface area contributed by atoms with Crippen LogP contribution in [-0.2, 0) is 11.3 Å². The number of carbonyl (C=O) groups is 1. The summed E-state index contributed by atoms with van der Waals surface area (Å²) < 4.78 is 3.93. The van der Waals surface area contributed by atoms with E-state index in [1.54, 1.807) is 11.3 Å². The molecule has 3 rings (SSSR count). The highest BCUT2D eigenvalue weighted by Crippen LogP contribution is 2.38. The quantitative estimate of drug-likeness (QED) is 0.650. The number of hydrogen-bond acceptors (Lipinski definition) is 3. The van der Waals surface area contributed by atoms with Crippen LogP contribution in [0.25, 0.3) is 21.7 Å². The van der Waals surface area contributed by atoms with Crippen LogP contribution in [0.1, 0.15) is 6.42 Å². The van der Waals surface area contributed by atoms with Gasteiger partial charge in [-0.25, -0.2) is 4.98 Å². The number of nitrogens with zero attached hydrogens (tertiary/aromatic N) is 2. The summed E-state index contributed by atoms with van der Waals surface area (Å²) in [6, 6.07) is 9.76. The van der Waals surface area contributed by atoms with E-state index in [0.29, 0.717) is 6.54 Å². The Labute approximate surface area is 141 Å². The lowest BCUT2D eigenvalue weighted by molar-refractivity contribution is -0.137. The van der Waals surface area contributed by atoms with E-state index in [1.165, 1.54) is 0 Å². The van der Waals surface area contributed by atoms with Crippen molar-refractivity contribution in [2.75, 3.05) is 0 Å². The first-order valence-corrected chi connectivity index (χ1v) is 8.59. The van der Waals surface area contributed by atoms with Crippen molar-refractivity contribution in [2.24, 2.45) is 0 Å². The second-order valence-electron chi connectivity index (χ2n) is 4.45. The van der Waals surface area contributed by atoms with Crippen molar-refractivity contribution in [3.63, 3.8) is 0 Å². The summed E-state index contributed by atoms with van der Waals surface area (Å²) in [6.07, 6.45) is 0.0705. The standard InChI is InChI=1S/C14H10Br2N2O2S/c15-8-7-11(21-13(8)16)14-17-9-3-1-2-4-10(9)18(14)6-5-12(19)20/h1-4,7H,5-6H2,(H,19,20). The molecule has 0 saturated carbocycles. The number of para-hydroxylation sites is 2. The first kappa shape index (κ1) is 14.7. The molecule has 0 aliphatic heterocycles. The number of hydrogen-bond donors (Lipinski definition) is 1. The molecule has 0 bridgehead atoms. The highest BCUT2D eigenvalue weighted by atomic mass is 79.9. The van der Waals surface area contributed by atoms with Gasteiger partial charge in [-0.15, -0.1) is 11.3 Å². The summed E-state index contributed by atoms with van der Waals surface area (Å²) in [5.41, 5.74) is 1.83. The van der Waals surface area contributed by atoms with Crippen molar-refractivity contribution in [3.05, 3.63) is 38.6 Å². The summed E-state index contributed by atoms with van der Waals surface area (Å²) in [4.78, 5) is 16.5. The van der Waals surface area contributed by atoms with Crippen LogP contribution in [0, 0.1) is 0 Å². The van der Waals surface area contributed by atoms with E-state index >= 15 is 0 Å². The minimum absolute atomic E-state index is 0.0705. The van der Waals surface area contributed by atoms with Gasteiger partial charge in [0.25, 0.3) is 0 Å². The Morgan fingerprint density at radius 2 is 2.10 bits per heavy atom. The molecule has 0 fully saturated rings. The zero-order valence-corrected chi connectivity index (χ0v) is 14.7. The van der Waals surface area contributed by atoms with Crippen molar-refractivity contribution in [1.82, 2.24) is 9.55 Å². The molecule has 4 nitrogen and oxygen atoms in total. The van der Waals surface area contributed by atoms with E-state index in [1.807, 2.05) is 34.9 Å². The number of aliphatic carboxylic acids is 1. The van der Waals surface area contributed by atoms with Gasteiger partial charge in [0.1, 0.15) is 0 Å². The number of thiophene rings is 1. The third-order valence-corrected chi connectivity index (χ3v) is 6.32. The van der Waals surface area contributed by atoms with Crippen LogP contribution in [0.2, 0.25) is 0 Å². The molecule has 1 N–H and O–H groups in total. The fourth-order valence-corrected chi connectivity index (χ4v) is 4.19. The summed E-state index contributed by atoms with van der Waals surface area (Å²) >= 11 is 8.53. The average Bonchev–Trinajstić information content (AvgIpc) is 2.97. The molecular weight excluding hydrogens is 420 g/mol. The number of aryl methyl sites for hydroxylation is 1. The Morgan fingerprint density at radius 1 is 1.33 bits per heavy atom. The van der Waals surface area contributed by atoms with Gasteiger partial charge in [-0.3, -0.25) is 4.79 Å². The lowest BCUT2D eigenvalue weighted by Crippen LogP contribution is -2.05. The van der Waals surface area contributed by atoms with Crippen LogP contribution >= 0.6 is 43.2 Å². The Bertz CT molecular complexity index is 806. The minimum atomic E-state index is -0.813. The smallest absolute Gasteiger partial charge is 0.305 e. The molecule has 0 aliphatic rings. The summed E-state index contributed by atoms with van der Waals surface area (Å²) in [6.45, 7) is 0.401. The fourth-order valence-electron chi connectivity index (χ4n) is 2.15. The van der Waals surface area contributed by atoms with Crippen LogP contribution in [0.3, 0.4) is 0 Å². The molecule has 1 aromatic carbocycles. The second-order valence-corrected chi connectivity index (χ2v) is 7.68. The maximum absolute atomic E-state index is 10.9. The highest BCUT2D eigenvalue weighted by molar-refractivity contribution is 9.13. The predicted molar refractivity (Wildman–Crippen MR) is 90.7 cm³/mol. The van der Waals surface area contributed by atoms with Gasteiger partial charge >= 0.3 is 5.97 Å². The maximum Gasteiger partial charge on any atom is 0.305 e. The Kier molecular flexibility index (Phi) is 4.14. The molecule has 0 amide bonds. The minimum Gasteiger partial charge on any atom is -0.481 e. The van der Waals surface area contributed by atoms with E-state index < -0.39 is 5.97 Å². The van der Waals surface area contributed by atoms with Gasteiger partial charge in [0.05, 0.1) is 26.1 Å². The van der Waals surface area contributed by atoms with Crippen molar-refractivity contribution in [3.8, 4) is 10.7 Å². The van der Waals surface area contributed by atoms with Gasteiger partial charge in [0.2, 0.25) is 0 Å². The van der Waals surface area contributed by atoms with E-state index in [-0.39, 0.29) is 6.42 Å². The van der Waals surface area contributed by atoms with Crippen molar-refractivity contribution in [1.29, 1.82) is 0 Å². The molecule has 0 spiro atoms. The Balaban J connectivity index is 2.15.